The summed E-state index contributed by atoms with van der Waals surface area (Å²) in [6, 6.07) is 0. The van der Waals surface area contributed by atoms with Gasteiger partial charge in [-0.2, -0.15) is 0 Å². The van der Waals surface area contributed by atoms with Crippen LogP contribution in [0.25, 0.3) is 0 Å². The predicted molar refractivity (Wildman–Crippen MR) is 77.3 cm³/mol. The van der Waals surface area contributed by atoms with Crippen LogP contribution in [-0.2, 0) is 0 Å². The molecule has 0 aromatic rings. The SMILES string of the molecule is C=CC(C)(O)CCCCCCCCCCCC. The van der Waals surface area contributed by atoms with Gasteiger partial charge < -0.3 is 5.11 Å². The molecule has 0 spiro atoms. The van der Waals surface area contributed by atoms with E-state index < -0.39 is 5.60 Å². The van der Waals surface area contributed by atoms with E-state index in [1.807, 2.05) is 6.92 Å². The van der Waals surface area contributed by atoms with Crippen molar-refractivity contribution < 1.29 is 5.11 Å². The van der Waals surface area contributed by atoms with Crippen molar-refractivity contribution >= 4 is 0 Å². The van der Waals surface area contributed by atoms with Gasteiger partial charge in [-0.05, 0) is 13.3 Å². The number of rotatable bonds is 12. The van der Waals surface area contributed by atoms with Crippen molar-refractivity contribution in [2.45, 2.75) is 90.1 Å². The van der Waals surface area contributed by atoms with Crippen LogP contribution in [0.2, 0.25) is 0 Å². The van der Waals surface area contributed by atoms with Crippen LogP contribution in [-0.4, -0.2) is 10.7 Å². The molecule has 0 aromatic heterocycles. The maximum Gasteiger partial charge on any atom is 0.0797 e. The van der Waals surface area contributed by atoms with Crippen molar-refractivity contribution in [3.8, 4) is 0 Å². The van der Waals surface area contributed by atoms with Crippen LogP contribution in [0.1, 0.15) is 84.5 Å². The Labute approximate surface area is 108 Å². The van der Waals surface area contributed by atoms with E-state index in [0.29, 0.717) is 0 Å². The third-order valence-electron chi connectivity index (χ3n) is 3.48. The standard InChI is InChI=1S/C16H32O/c1-4-6-7-8-9-10-11-12-13-14-15-16(3,17)5-2/h5,17H,2,4,6-15H2,1,3H3. The van der Waals surface area contributed by atoms with E-state index in [9.17, 15) is 5.11 Å². The molecule has 0 rings (SSSR count). The Kier molecular flexibility index (Phi) is 10.6. The topological polar surface area (TPSA) is 20.2 Å². The summed E-state index contributed by atoms with van der Waals surface area (Å²) in [5.74, 6) is 0. The number of aliphatic hydroxyl groups is 1. The Morgan fingerprint density at radius 3 is 1.71 bits per heavy atom. The number of hydrogen-bond donors (Lipinski definition) is 1. The Hall–Kier alpha value is -0.300. The van der Waals surface area contributed by atoms with Crippen LogP contribution in [0.4, 0.5) is 0 Å². The van der Waals surface area contributed by atoms with Gasteiger partial charge in [0, 0.05) is 0 Å². The van der Waals surface area contributed by atoms with Crippen LogP contribution in [0.3, 0.4) is 0 Å². The van der Waals surface area contributed by atoms with Crippen LogP contribution >= 0.6 is 0 Å². The maximum absolute atomic E-state index is 9.73. The van der Waals surface area contributed by atoms with Crippen LogP contribution in [0.15, 0.2) is 12.7 Å². The highest BCUT2D eigenvalue weighted by Crippen LogP contribution is 2.17. The van der Waals surface area contributed by atoms with E-state index in [4.69, 9.17) is 0 Å². The largest absolute Gasteiger partial charge is 0.386 e. The van der Waals surface area contributed by atoms with E-state index in [1.54, 1.807) is 6.08 Å². The van der Waals surface area contributed by atoms with Gasteiger partial charge in [0.05, 0.1) is 5.60 Å². The van der Waals surface area contributed by atoms with E-state index in [-0.39, 0.29) is 0 Å². The normalized spacial score (nSPS) is 14.5. The Morgan fingerprint density at radius 1 is 0.882 bits per heavy atom. The van der Waals surface area contributed by atoms with E-state index in [2.05, 4.69) is 13.5 Å². The van der Waals surface area contributed by atoms with Gasteiger partial charge in [-0.3, -0.25) is 0 Å². The van der Waals surface area contributed by atoms with E-state index in [0.717, 1.165) is 12.8 Å². The summed E-state index contributed by atoms with van der Waals surface area (Å²) in [4.78, 5) is 0. The monoisotopic (exact) mass is 240 g/mol. The van der Waals surface area contributed by atoms with E-state index in [1.165, 1.54) is 57.8 Å². The third-order valence-corrected chi connectivity index (χ3v) is 3.48. The minimum Gasteiger partial charge on any atom is -0.386 e. The molecule has 1 atom stereocenters. The summed E-state index contributed by atoms with van der Waals surface area (Å²) >= 11 is 0. The first-order chi connectivity index (χ1) is 8.12. The lowest BCUT2D eigenvalue weighted by molar-refractivity contribution is 0.0988. The fourth-order valence-corrected chi connectivity index (χ4v) is 2.07. The first kappa shape index (κ1) is 16.7. The first-order valence-corrected chi connectivity index (χ1v) is 7.48. The lowest BCUT2D eigenvalue weighted by atomic mass is 9.97. The molecule has 0 aliphatic heterocycles. The average Bonchev–Trinajstić information content (AvgIpc) is 2.31. The van der Waals surface area contributed by atoms with Gasteiger partial charge in [0.2, 0.25) is 0 Å². The van der Waals surface area contributed by atoms with Gasteiger partial charge in [-0.1, -0.05) is 77.2 Å². The zero-order valence-corrected chi connectivity index (χ0v) is 12.0. The molecule has 0 aliphatic carbocycles. The Bertz CT molecular complexity index is 172. The first-order valence-electron chi connectivity index (χ1n) is 7.48. The second kappa shape index (κ2) is 10.8. The Morgan fingerprint density at radius 2 is 1.29 bits per heavy atom. The van der Waals surface area contributed by atoms with Crippen LogP contribution in [0.5, 0.6) is 0 Å². The van der Waals surface area contributed by atoms with Gasteiger partial charge in [0.1, 0.15) is 0 Å². The predicted octanol–water partition coefficient (Wildman–Crippen LogP) is 5.23. The lowest BCUT2D eigenvalue weighted by Crippen LogP contribution is -2.19. The highest BCUT2D eigenvalue weighted by Gasteiger charge is 2.13. The number of hydrogen-bond acceptors (Lipinski definition) is 1. The highest BCUT2D eigenvalue weighted by atomic mass is 16.3. The summed E-state index contributed by atoms with van der Waals surface area (Å²) in [6.07, 6.45) is 15.9. The summed E-state index contributed by atoms with van der Waals surface area (Å²) < 4.78 is 0. The molecular formula is C16H32O. The molecule has 17 heavy (non-hydrogen) atoms. The fourth-order valence-electron chi connectivity index (χ4n) is 2.07. The maximum atomic E-state index is 9.73. The zero-order valence-electron chi connectivity index (χ0n) is 12.0. The van der Waals surface area contributed by atoms with Gasteiger partial charge in [-0.15, -0.1) is 6.58 Å². The second-order valence-electron chi connectivity index (χ2n) is 5.49. The van der Waals surface area contributed by atoms with Gasteiger partial charge in [-0.25, -0.2) is 0 Å². The highest BCUT2D eigenvalue weighted by molar-refractivity contribution is 4.91. The molecule has 1 heteroatoms. The van der Waals surface area contributed by atoms with Crippen molar-refractivity contribution in [3.05, 3.63) is 12.7 Å². The lowest BCUT2D eigenvalue weighted by Gasteiger charge is -2.17. The molecule has 0 aliphatic rings. The molecular weight excluding hydrogens is 208 g/mol. The molecule has 0 saturated carbocycles. The molecule has 1 N–H and O–H groups in total. The van der Waals surface area contributed by atoms with Crippen molar-refractivity contribution in [1.29, 1.82) is 0 Å². The summed E-state index contributed by atoms with van der Waals surface area (Å²) in [5, 5.41) is 9.73. The fraction of sp³-hybridized carbons (Fsp3) is 0.875. The molecule has 102 valence electrons. The van der Waals surface area contributed by atoms with Crippen molar-refractivity contribution in [1.82, 2.24) is 0 Å². The van der Waals surface area contributed by atoms with Gasteiger partial charge in [0.25, 0.3) is 0 Å². The molecule has 0 saturated heterocycles. The third kappa shape index (κ3) is 12.0. The molecule has 0 bridgehead atoms. The van der Waals surface area contributed by atoms with Crippen LogP contribution < -0.4 is 0 Å². The quantitative estimate of drug-likeness (QED) is 0.365. The van der Waals surface area contributed by atoms with Crippen molar-refractivity contribution in [3.63, 3.8) is 0 Å². The summed E-state index contributed by atoms with van der Waals surface area (Å²) in [5.41, 5.74) is -0.653. The zero-order chi connectivity index (χ0) is 13.0. The van der Waals surface area contributed by atoms with E-state index >= 15 is 0 Å². The molecule has 0 aromatic carbocycles. The van der Waals surface area contributed by atoms with Gasteiger partial charge >= 0.3 is 0 Å². The van der Waals surface area contributed by atoms with Crippen LogP contribution in [0, 0.1) is 0 Å². The minimum absolute atomic E-state index is 0.653. The van der Waals surface area contributed by atoms with Crippen molar-refractivity contribution in [2.24, 2.45) is 0 Å². The number of unbranched alkanes of at least 4 members (excludes halogenated alkanes) is 9. The van der Waals surface area contributed by atoms with Gasteiger partial charge in [0.15, 0.2) is 0 Å². The average molecular weight is 240 g/mol. The molecule has 1 unspecified atom stereocenters. The summed E-state index contributed by atoms with van der Waals surface area (Å²) in [6.45, 7) is 7.75. The molecule has 0 fully saturated rings. The second-order valence-corrected chi connectivity index (χ2v) is 5.49. The molecule has 0 amide bonds. The smallest absolute Gasteiger partial charge is 0.0797 e. The van der Waals surface area contributed by atoms with Crippen molar-refractivity contribution in [2.75, 3.05) is 0 Å². The minimum atomic E-state index is -0.653. The molecule has 0 heterocycles. The Balaban J connectivity index is 3.11. The molecule has 1 nitrogen and oxygen atoms in total. The molecule has 0 radical (unpaired) electrons. The summed E-state index contributed by atoms with van der Waals surface area (Å²) in [7, 11) is 0.